The molecule has 3 rings (SSSR count). The topological polar surface area (TPSA) is 70.7 Å². The third-order valence-electron chi connectivity index (χ3n) is 6.24. The average Bonchev–Trinajstić information content (AvgIpc) is 2.65. The highest BCUT2D eigenvalue weighted by molar-refractivity contribution is 7.90. The van der Waals surface area contributed by atoms with Crippen LogP contribution in [0.4, 0.5) is 15.8 Å². The predicted octanol–water partition coefficient (Wildman–Crippen LogP) is 4.13. The smallest absolute Gasteiger partial charge is 0.216 e. The second-order valence-corrected chi connectivity index (χ2v) is 12.7. The summed E-state index contributed by atoms with van der Waals surface area (Å²) in [5.74, 6) is 0.206. The highest BCUT2D eigenvalue weighted by atomic mass is 32.2. The molecule has 8 heteroatoms. The molecule has 1 aromatic rings. The first-order valence-electron chi connectivity index (χ1n) is 11.4. The van der Waals surface area contributed by atoms with Gasteiger partial charge in [-0.25, -0.2) is 17.5 Å². The second kappa shape index (κ2) is 9.63. The van der Waals surface area contributed by atoms with Crippen LogP contribution in [0.15, 0.2) is 18.2 Å². The first-order valence-corrected chi connectivity index (χ1v) is 12.9. The molecule has 176 valence electrons. The van der Waals surface area contributed by atoms with Crippen molar-refractivity contribution in [2.75, 3.05) is 29.9 Å². The number of morpholine rings is 1. The summed E-state index contributed by atoms with van der Waals surface area (Å²) >= 11 is 0. The first kappa shape index (κ1) is 24.3. The lowest BCUT2D eigenvalue weighted by Crippen LogP contribution is -2.46. The Morgan fingerprint density at radius 2 is 1.68 bits per heavy atom. The predicted molar refractivity (Wildman–Crippen MR) is 125 cm³/mol. The van der Waals surface area contributed by atoms with Crippen molar-refractivity contribution < 1.29 is 17.5 Å². The molecule has 6 nitrogen and oxygen atoms in total. The third kappa shape index (κ3) is 6.56. The molecule has 2 aliphatic rings. The summed E-state index contributed by atoms with van der Waals surface area (Å²) < 4.78 is 46.9. The summed E-state index contributed by atoms with van der Waals surface area (Å²) in [5.41, 5.74) is 1.67. The summed E-state index contributed by atoms with van der Waals surface area (Å²) in [7, 11) is -3.32. The third-order valence-corrected chi connectivity index (χ3v) is 8.49. The number of nitrogens with zero attached hydrogens (tertiary/aromatic N) is 1. The number of ether oxygens (including phenoxy) is 1. The van der Waals surface area contributed by atoms with E-state index in [9.17, 15) is 12.8 Å². The van der Waals surface area contributed by atoms with Crippen LogP contribution in [0.25, 0.3) is 0 Å². The van der Waals surface area contributed by atoms with E-state index in [4.69, 9.17) is 4.74 Å². The Balaban J connectivity index is 1.53. The summed E-state index contributed by atoms with van der Waals surface area (Å²) in [4.78, 5) is 2.18. The van der Waals surface area contributed by atoms with Gasteiger partial charge in [-0.05, 0) is 84.4 Å². The number of hydrogen-bond acceptors (Lipinski definition) is 5. The SMILES string of the molecule is C[C@@H]1CN(c2cc(F)cc(NC[C@H]3CC[C@H](NS(=O)(=O)C(C)(C)C)CC3)c2)C[C@H](C)O1. The van der Waals surface area contributed by atoms with E-state index < -0.39 is 14.8 Å². The van der Waals surface area contributed by atoms with Gasteiger partial charge in [-0.2, -0.15) is 0 Å². The van der Waals surface area contributed by atoms with Crippen LogP contribution in [0.5, 0.6) is 0 Å². The molecule has 1 heterocycles. The zero-order valence-electron chi connectivity index (χ0n) is 19.4. The van der Waals surface area contributed by atoms with E-state index in [-0.39, 0.29) is 24.1 Å². The van der Waals surface area contributed by atoms with E-state index in [0.717, 1.165) is 56.7 Å². The van der Waals surface area contributed by atoms with Crippen molar-refractivity contribution in [2.24, 2.45) is 5.92 Å². The average molecular weight is 456 g/mol. The Bertz CT molecular complexity index is 838. The summed E-state index contributed by atoms with van der Waals surface area (Å²) in [6, 6.07) is 5.14. The number of nitrogens with one attached hydrogen (secondary N) is 2. The van der Waals surface area contributed by atoms with Gasteiger partial charge in [0, 0.05) is 37.1 Å². The van der Waals surface area contributed by atoms with E-state index in [0.29, 0.717) is 5.92 Å². The van der Waals surface area contributed by atoms with Gasteiger partial charge in [0.15, 0.2) is 0 Å². The number of rotatable bonds is 6. The minimum Gasteiger partial charge on any atom is -0.385 e. The quantitative estimate of drug-likeness (QED) is 0.675. The number of hydrogen-bond donors (Lipinski definition) is 2. The Morgan fingerprint density at radius 3 is 2.26 bits per heavy atom. The number of halogens is 1. The van der Waals surface area contributed by atoms with Crippen LogP contribution in [0, 0.1) is 11.7 Å². The minimum absolute atomic E-state index is 0.00606. The van der Waals surface area contributed by atoms with Crippen LogP contribution in [-0.4, -0.2) is 51.0 Å². The van der Waals surface area contributed by atoms with Crippen molar-refractivity contribution in [1.82, 2.24) is 4.72 Å². The van der Waals surface area contributed by atoms with Crippen LogP contribution in [0.2, 0.25) is 0 Å². The number of sulfonamides is 1. The van der Waals surface area contributed by atoms with Gasteiger partial charge in [0.25, 0.3) is 0 Å². The van der Waals surface area contributed by atoms with Crippen LogP contribution < -0.4 is 14.9 Å². The van der Waals surface area contributed by atoms with Crippen molar-refractivity contribution in [3.63, 3.8) is 0 Å². The molecule has 1 aliphatic carbocycles. The fourth-order valence-electron chi connectivity index (χ4n) is 4.39. The number of benzene rings is 1. The lowest BCUT2D eigenvalue weighted by atomic mass is 9.86. The van der Waals surface area contributed by atoms with Crippen molar-refractivity contribution in [3.8, 4) is 0 Å². The maximum atomic E-state index is 14.3. The molecule has 1 aliphatic heterocycles. The van der Waals surface area contributed by atoms with Gasteiger partial charge in [0.1, 0.15) is 5.82 Å². The van der Waals surface area contributed by atoms with Gasteiger partial charge in [0.05, 0.1) is 17.0 Å². The van der Waals surface area contributed by atoms with Crippen molar-refractivity contribution in [1.29, 1.82) is 0 Å². The molecule has 2 atom stereocenters. The van der Waals surface area contributed by atoms with Gasteiger partial charge in [-0.3, -0.25) is 0 Å². The van der Waals surface area contributed by atoms with Crippen molar-refractivity contribution in [3.05, 3.63) is 24.0 Å². The molecule has 0 bridgehead atoms. The molecule has 2 fully saturated rings. The van der Waals surface area contributed by atoms with E-state index in [2.05, 4.69) is 14.9 Å². The van der Waals surface area contributed by atoms with E-state index in [1.807, 2.05) is 19.9 Å². The largest absolute Gasteiger partial charge is 0.385 e. The van der Waals surface area contributed by atoms with Crippen LogP contribution in [0.1, 0.15) is 60.3 Å². The molecule has 2 N–H and O–H groups in total. The molecule has 1 saturated carbocycles. The maximum absolute atomic E-state index is 14.3. The Hall–Kier alpha value is -1.38. The zero-order chi connectivity index (χ0) is 22.8. The Kier molecular flexibility index (Phi) is 7.54. The lowest BCUT2D eigenvalue weighted by Gasteiger charge is -2.37. The van der Waals surface area contributed by atoms with Gasteiger partial charge in [-0.15, -0.1) is 0 Å². The van der Waals surface area contributed by atoms with Gasteiger partial charge < -0.3 is 15.0 Å². The van der Waals surface area contributed by atoms with Crippen LogP contribution in [0.3, 0.4) is 0 Å². The molecule has 31 heavy (non-hydrogen) atoms. The van der Waals surface area contributed by atoms with Gasteiger partial charge in [-0.1, -0.05) is 0 Å². The zero-order valence-corrected chi connectivity index (χ0v) is 20.3. The molecule has 0 radical (unpaired) electrons. The minimum atomic E-state index is -3.32. The van der Waals surface area contributed by atoms with E-state index >= 15 is 0 Å². The molecule has 1 saturated heterocycles. The lowest BCUT2D eigenvalue weighted by molar-refractivity contribution is -0.00523. The standard InChI is InChI=1S/C23H38FN3O3S/c1-16-14-27(15-17(2)30-16)22-11-19(24)10-21(12-22)25-13-18-6-8-20(9-7-18)26-31(28,29)23(3,4)5/h10-12,16-18,20,25-26H,6-9,13-15H2,1-5H3/t16-,17+,18-,20-. The van der Waals surface area contributed by atoms with Crippen LogP contribution >= 0.6 is 0 Å². The monoisotopic (exact) mass is 455 g/mol. The van der Waals surface area contributed by atoms with Crippen molar-refractivity contribution >= 4 is 21.4 Å². The van der Waals surface area contributed by atoms with E-state index in [1.54, 1.807) is 32.9 Å². The van der Waals surface area contributed by atoms with Gasteiger partial charge >= 0.3 is 0 Å². The summed E-state index contributed by atoms with van der Waals surface area (Å²) in [6.07, 6.45) is 3.80. The fraction of sp³-hybridized carbons (Fsp3) is 0.739. The van der Waals surface area contributed by atoms with E-state index in [1.165, 1.54) is 0 Å². The maximum Gasteiger partial charge on any atom is 0.216 e. The molecule has 0 unspecified atom stereocenters. The molecule has 0 aromatic heterocycles. The first-order chi connectivity index (χ1) is 14.4. The summed E-state index contributed by atoms with van der Waals surface area (Å²) in [5, 5.41) is 3.41. The number of anilines is 2. The van der Waals surface area contributed by atoms with Gasteiger partial charge in [0.2, 0.25) is 10.0 Å². The Labute approximate surface area is 187 Å². The second-order valence-electron chi connectivity index (χ2n) is 10.2. The molecule has 0 spiro atoms. The molecular weight excluding hydrogens is 417 g/mol. The Morgan fingerprint density at radius 1 is 1.06 bits per heavy atom. The van der Waals surface area contributed by atoms with Crippen molar-refractivity contribution in [2.45, 2.75) is 83.3 Å². The molecule has 0 amide bonds. The fourth-order valence-corrected chi connectivity index (χ4v) is 5.42. The normalized spacial score (nSPS) is 27.9. The summed E-state index contributed by atoms with van der Waals surface area (Å²) in [6.45, 7) is 11.5. The van der Waals surface area contributed by atoms with Crippen LogP contribution in [-0.2, 0) is 14.8 Å². The molecule has 1 aromatic carbocycles. The highest BCUT2D eigenvalue weighted by Gasteiger charge is 2.32. The highest BCUT2D eigenvalue weighted by Crippen LogP contribution is 2.29. The molecular formula is C23H38FN3O3S.